The Bertz CT molecular complexity index is 2520. The summed E-state index contributed by atoms with van der Waals surface area (Å²) in [4.78, 5) is 4.97. The average molecular weight is 729 g/mol. The molecule has 0 heterocycles. The smallest absolute Gasteiger partial charge is 0.0540 e. The number of benzene rings is 8. The van der Waals surface area contributed by atoms with Gasteiger partial charge in [-0.1, -0.05) is 97.1 Å². The van der Waals surface area contributed by atoms with Crippen molar-refractivity contribution in [3.8, 4) is 11.1 Å². The highest BCUT2D eigenvalue weighted by Crippen LogP contribution is 2.47. The Morgan fingerprint density at radius 2 is 0.554 bits per heavy atom. The second-order valence-corrected chi connectivity index (χ2v) is 15.7. The fourth-order valence-electron chi connectivity index (χ4n) is 8.82. The average Bonchev–Trinajstić information content (AvgIpc) is 3.24. The molecule has 0 N–H and O–H groups in total. The molecule has 0 saturated carbocycles. The number of fused-ring (bicyclic) bond motifs is 2. The molecule has 2 nitrogen and oxygen atoms in total. The van der Waals surface area contributed by atoms with Gasteiger partial charge in [0.2, 0.25) is 0 Å². The molecule has 2 heteroatoms. The molecule has 0 atom stereocenters. The summed E-state index contributed by atoms with van der Waals surface area (Å²) in [7, 11) is 0. The van der Waals surface area contributed by atoms with Gasteiger partial charge in [-0.25, -0.2) is 0 Å². The van der Waals surface area contributed by atoms with E-state index in [0.717, 1.165) is 11.4 Å². The second kappa shape index (κ2) is 14.5. The summed E-state index contributed by atoms with van der Waals surface area (Å²) in [5.74, 6) is 0. The van der Waals surface area contributed by atoms with E-state index in [-0.39, 0.29) is 0 Å². The predicted molar refractivity (Wildman–Crippen MR) is 244 cm³/mol. The van der Waals surface area contributed by atoms with Gasteiger partial charge in [-0.05, 0) is 183 Å². The molecule has 0 bridgehead atoms. The first-order chi connectivity index (χ1) is 27.0. The van der Waals surface area contributed by atoms with Gasteiger partial charge in [0, 0.05) is 22.1 Å². The van der Waals surface area contributed by atoms with Gasteiger partial charge in [-0.2, -0.15) is 0 Å². The molecule has 0 aromatic heterocycles. The van der Waals surface area contributed by atoms with Crippen molar-refractivity contribution in [2.45, 2.75) is 69.2 Å². The Labute approximate surface area is 333 Å². The van der Waals surface area contributed by atoms with Crippen molar-refractivity contribution in [3.05, 3.63) is 189 Å². The van der Waals surface area contributed by atoms with Crippen LogP contribution in [0.2, 0.25) is 0 Å². The van der Waals surface area contributed by atoms with E-state index in [1.807, 2.05) is 0 Å². The Morgan fingerprint density at radius 3 is 0.893 bits per heavy atom. The Hall–Kier alpha value is -6.12. The zero-order chi connectivity index (χ0) is 39.4. The highest BCUT2D eigenvalue weighted by Gasteiger charge is 2.24. The van der Waals surface area contributed by atoms with Crippen LogP contribution in [0.1, 0.15) is 55.6 Å². The van der Waals surface area contributed by atoms with Crippen LogP contribution in [-0.2, 0) is 0 Å². The minimum absolute atomic E-state index is 1.15. The van der Waals surface area contributed by atoms with E-state index in [1.54, 1.807) is 0 Å². The molecule has 0 aliphatic heterocycles. The predicted octanol–water partition coefficient (Wildman–Crippen LogP) is 15.7. The van der Waals surface area contributed by atoms with E-state index in [9.17, 15) is 0 Å². The summed E-state index contributed by atoms with van der Waals surface area (Å²) < 4.78 is 0. The molecular weight excluding hydrogens is 677 g/mol. The molecule has 8 aromatic carbocycles. The van der Waals surface area contributed by atoms with Gasteiger partial charge in [0.25, 0.3) is 0 Å². The molecule has 0 saturated heterocycles. The molecule has 0 fully saturated rings. The number of anilines is 6. The zero-order valence-electron chi connectivity index (χ0n) is 34.6. The van der Waals surface area contributed by atoms with E-state index >= 15 is 0 Å². The van der Waals surface area contributed by atoms with Crippen LogP contribution in [0.15, 0.2) is 133 Å². The highest BCUT2D eigenvalue weighted by molar-refractivity contribution is 6.01. The van der Waals surface area contributed by atoms with E-state index in [2.05, 4.69) is 212 Å². The van der Waals surface area contributed by atoms with E-state index < -0.39 is 0 Å². The summed E-state index contributed by atoms with van der Waals surface area (Å²) in [6, 6.07) is 49.1. The first-order valence-electron chi connectivity index (χ1n) is 19.9. The lowest BCUT2D eigenvalue weighted by atomic mass is 9.91. The van der Waals surface area contributed by atoms with Crippen LogP contribution < -0.4 is 9.80 Å². The van der Waals surface area contributed by atoms with Crippen molar-refractivity contribution in [3.63, 3.8) is 0 Å². The van der Waals surface area contributed by atoms with Gasteiger partial charge >= 0.3 is 0 Å². The first-order valence-corrected chi connectivity index (χ1v) is 19.9. The summed E-state index contributed by atoms with van der Waals surface area (Å²) in [5, 5.41) is 4.96. The van der Waals surface area contributed by atoms with E-state index in [4.69, 9.17) is 0 Å². The van der Waals surface area contributed by atoms with Crippen molar-refractivity contribution in [2.75, 3.05) is 9.80 Å². The molecule has 0 amide bonds. The normalized spacial score (nSPS) is 11.4. The lowest BCUT2D eigenvalue weighted by Crippen LogP contribution is -2.15. The van der Waals surface area contributed by atoms with Crippen molar-refractivity contribution < 1.29 is 0 Å². The summed E-state index contributed by atoms with van der Waals surface area (Å²) in [6.45, 7) is 22.7. The lowest BCUT2D eigenvalue weighted by Gasteiger charge is -2.32. The number of rotatable bonds is 7. The van der Waals surface area contributed by atoms with Crippen molar-refractivity contribution in [2.24, 2.45) is 0 Å². The number of nitrogens with zero attached hydrogens (tertiary/aromatic N) is 2. The molecule has 0 spiro atoms. The van der Waals surface area contributed by atoms with Gasteiger partial charge < -0.3 is 9.80 Å². The van der Waals surface area contributed by atoms with Gasteiger partial charge in [-0.15, -0.1) is 0 Å². The minimum Gasteiger partial charge on any atom is -0.309 e. The number of hydrogen-bond acceptors (Lipinski definition) is 2. The minimum atomic E-state index is 1.15. The van der Waals surface area contributed by atoms with Crippen LogP contribution in [0.25, 0.3) is 32.7 Å². The molecule has 8 rings (SSSR count). The largest absolute Gasteiger partial charge is 0.309 e. The van der Waals surface area contributed by atoms with Crippen molar-refractivity contribution in [1.29, 1.82) is 0 Å². The molecule has 8 aromatic rings. The SMILES string of the molecule is Cc1c(C)c(C)c(N(c2ccc(-c3ccc(N(c4c(C)c(C)c(C)c(C)c4C)c4cccc5ccccc45)cc3)cc2)c2cccc3ccccc23)c(C)c1C. The first kappa shape index (κ1) is 36.8. The van der Waals surface area contributed by atoms with Gasteiger partial charge in [0.05, 0.1) is 22.7 Å². The van der Waals surface area contributed by atoms with Crippen LogP contribution in [0.4, 0.5) is 34.1 Å². The maximum Gasteiger partial charge on any atom is 0.0540 e. The lowest BCUT2D eigenvalue weighted by molar-refractivity contribution is 1.13. The molecular formula is C54H52N2. The molecule has 56 heavy (non-hydrogen) atoms. The van der Waals surface area contributed by atoms with Gasteiger partial charge in [0.15, 0.2) is 0 Å². The highest BCUT2D eigenvalue weighted by atomic mass is 15.2. The fraction of sp³-hybridized carbons (Fsp3) is 0.185. The Balaban J connectivity index is 1.24. The number of hydrogen-bond donors (Lipinski definition) is 0. The quantitative estimate of drug-likeness (QED) is 0.161. The van der Waals surface area contributed by atoms with E-state index in [1.165, 1.54) is 111 Å². The van der Waals surface area contributed by atoms with Gasteiger partial charge in [0.1, 0.15) is 0 Å². The standard InChI is InChI=1S/C54H52N2/c1-33-35(3)39(7)53(40(8)36(33)4)55(51-23-15-19-45-17-11-13-21-49(45)51)47-29-25-43(26-30-47)44-27-31-48(32-28-44)56(52-24-16-20-46-18-12-14-22-50(46)52)54-41(9)37(5)34(2)38(6)42(54)10/h11-32H,1-10H3. The Kier molecular flexibility index (Phi) is 9.54. The van der Waals surface area contributed by atoms with E-state index in [0.29, 0.717) is 0 Å². The van der Waals surface area contributed by atoms with Crippen molar-refractivity contribution >= 4 is 55.7 Å². The van der Waals surface area contributed by atoms with Crippen molar-refractivity contribution in [1.82, 2.24) is 0 Å². The van der Waals surface area contributed by atoms with Crippen LogP contribution in [0.5, 0.6) is 0 Å². The van der Waals surface area contributed by atoms with Crippen LogP contribution in [-0.4, -0.2) is 0 Å². The molecule has 0 aliphatic carbocycles. The molecule has 0 unspecified atom stereocenters. The van der Waals surface area contributed by atoms with Crippen LogP contribution in [0.3, 0.4) is 0 Å². The fourth-order valence-corrected chi connectivity index (χ4v) is 8.82. The van der Waals surface area contributed by atoms with Gasteiger partial charge in [-0.3, -0.25) is 0 Å². The summed E-state index contributed by atoms with van der Waals surface area (Å²) in [5.41, 5.74) is 23.0. The van der Waals surface area contributed by atoms with Crippen LogP contribution in [0, 0.1) is 69.2 Å². The molecule has 278 valence electrons. The molecule has 0 radical (unpaired) electrons. The zero-order valence-corrected chi connectivity index (χ0v) is 34.6. The third kappa shape index (κ3) is 6.05. The summed E-state index contributed by atoms with van der Waals surface area (Å²) in [6.07, 6.45) is 0. The second-order valence-electron chi connectivity index (χ2n) is 15.7. The third-order valence-corrected chi connectivity index (χ3v) is 13.0. The maximum absolute atomic E-state index is 2.48. The van der Waals surface area contributed by atoms with Crippen LogP contribution >= 0.6 is 0 Å². The monoisotopic (exact) mass is 728 g/mol. The maximum atomic E-state index is 2.48. The summed E-state index contributed by atoms with van der Waals surface area (Å²) >= 11 is 0. The molecule has 0 aliphatic rings. The Morgan fingerprint density at radius 1 is 0.268 bits per heavy atom. The third-order valence-electron chi connectivity index (χ3n) is 13.0. The topological polar surface area (TPSA) is 6.48 Å².